The summed E-state index contributed by atoms with van der Waals surface area (Å²) in [7, 11) is 2.24. The van der Waals surface area contributed by atoms with Crippen LogP contribution >= 0.6 is 0 Å². The first-order chi connectivity index (χ1) is 33.2. The fraction of sp³-hybridized carbons (Fsp3) is 0.0164. The summed E-state index contributed by atoms with van der Waals surface area (Å²) in [6.07, 6.45) is 0. The summed E-state index contributed by atoms with van der Waals surface area (Å²) >= 11 is 0. The Balaban J connectivity index is 0.989. The van der Waals surface area contributed by atoms with Crippen LogP contribution in [0.1, 0.15) is 0 Å². The molecule has 2 aromatic heterocycles. The summed E-state index contributed by atoms with van der Waals surface area (Å²) in [5, 5.41) is 4.87. The van der Waals surface area contributed by atoms with Gasteiger partial charge in [0, 0.05) is 56.8 Å². The van der Waals surface area contributed by atoms with E-state index in [4.69, 9.17) is 9.47 Å². The molecule has 0 N–H and O–H groups in total. The Morgan fingerprint density at radius 1 is 0.328 bits per heavy atom. The molecule has 0 amide bonds. The average molecular weight is 861 g/mol. The van der Waals surface area contributed by atoms with Crippen LogP contribution in [-0.2, 0) is 7.05 Å². The van der Waals surface area contributed by atoms with E-state index >= 15 is 0 Å². The molecule has 0 unspecified atom stereocenters. The van der Waals surface area contributed by atoms with Crippen LogP contribution in [0.4, 0.5) is 34.1 Å². The zero-order chi connectivity index (χ0) is 44.2. The van der Waals surface area contributed by atoms with Crippen LogP contribution in [0.2, 0.25) is 0 Å². The van der Waals surface area contributed by atoms with Gasteiger partial charge in [0.15, 0.2) is 23.0 Å². The number of fused-ring (bicyclic) bond motifs is 11. The van der Waals surface area contributed by atoms with Crippen molar-refractivity contribution >= 4 is 77.7 Å². The van der Waals surface area contributed by atoms with E-state index in [0.717, 1.165) is 73.9 Å². The fourth-order valence-corrected chi connectivity index (χ4v) is 10.8. The lowest BCUT2D eigenvalue weighted by Gasteiger charge is -2.32. The summed E-state index contributed by atoms with van der Waals surface area (Å²) in [5.74, 6) is 3.36. The smallest absolute Gasteiger partial charge is 0.151 e. The second kappa shape index (κ2) is 14.5. The van der Waals surface area contributed by atoms with E-state index in [1.807, 2.05) is 48.5 Å². The van der Waals surface area contributed by atoms with Crippen molar-refractivity contribution in [3.05, 3.63) is 224 Å². The van der Waals surface area contributed by atoms with Crippen LogP contribution in [0, 0.1) is 0 Å². The van der Waals surface area contributed by atoms with Crippen molar-refractivity contribution in [2.24, 2.45) is 7.05 Å². The van der Waals surface area contributed by atoms with Gasteiger partial charge >= 0.3 is 0 Å². The SMILES string of the molecule is Cn1c2c(-c3ccc(N4c5ccccc5Oc5ccccc54)cc3)cccc2c2c1c(-c1ccc(N3c4ccccc4Oc4ccccc43)cc1)cc1c3ccccc3n(-c3ccccc3)c12. The number of para-hydroxylation sites is 11. The molecule has 12 aromatic rings. The summed E-state index contributed by atoms with van der Waals surface area (Å²) < 4.78 is 17.6. The molecule has 2 aliphatic heterocycles. The van der Waals surface area contributed by atoms with Gasteiger partial charge in [-0.3, -0.25) is 0 Å². The molecule has 0 radical (unpaired) electrons. The Labute approximate surface area is 386 Å². The number of hydrogen-bond acceptors (Lipinski definition) is 4. The van der Waals surface area contributed by atoms with E-state index in [2.05, 4.69) is 202 Å². The minimum absolute atomic E-state index is 0.838. The Hall–Kier alpha value is -9.00. The Kier molecular flexibility index (Phi) is 8.09. The molecule has 0 bridgehead atoms. The van der Waals surface area contributed by atoms with E-state index in [9.17, 15) is 0 Å². The highest BCUT2D eigenvalue weighted by molar-refractivity contribution is 6.30. The average Bonchev–Trinajstić information content (AvgIpc) is 3.89. The molecule has 316 valence electrons. The zero-order valence-electron chi connectivity index (χ0n) is 36.5. The predicted octanol–water partition coefficient (Wildman–Crippen LogP) is 16.9. The third kappa shape index (κ3) is 5.57. The molecule has 2 aliphatic rings. The van der Waals surface area contributed by atoms with Crippen LogP contribution < -0.4 is 19.3 Å². The topological polar surface area (TPSA) is 34.8 Å². The van der Waals surface area contributed by atoms with Crippen molar-refractivity contribution in [1.29, 1.82) is 0 Å². The van der Waals surface area contributed by atoms with Gasteiger partial charge in [0.25, 0.3) is 0 Å². The number of aromatic nitrogens is 2. The largest absolute Gasteiger partial charge is 0.453 e. The van der Waals surface area contributed by atoms with Gasteiger partial charge in [-0.05, 0) is 108 Å². The van der Waals surface area contributed by atoms with E-state index < -0.39 is 0 Å². The van der Waals surface area contributed by atoms with Gasteiger partial charge in [-0.1, -0.05) is 127 Å². The summed E-state index contributed by atoms with van der Waals surface area (Å²) in [4.78, 5) is 4.60. The normalized spacial score (nSPS) is 12.7. The highest BCUT2D eigenvalue weighted by Crippen LogP contribution is 2.53. The molecule has 67 heavy (non-hydrogen) atoms. The molecule has 6 heteroatoms. The molecule has 0 saturated carbocycles. The summed E-state index contributed by atoms with van der Waals surface area (Å²) in [5.41, 5.74) is 16.7. The van der Waals surface area contributed by atoms with E-state index in [1.54, 1.807) is 0 Å². The van der Waals surface area contributed by atoms with Gasteiger partial charge in [-0.15, -0.1) is 0 Å². The third-order valence-corrected chi connectivity index (χ3v) is 13.7. The molecular weight excluding hydrogens is 821 g/mol. The van der Waals surface area contributed by atoms with Crippen molar-refractivity contribution in [3.63, 3.8) is 0 Å². The van der Waals surface area contributed by atoms with E-state index in [0.29, 0.717) is 0 Å². The van der Waals surface area contributed by atoms with Gasteiger partial charge in [0.1, 0.15) is 0 Å². The molecule has 0 aliphatic carbocycles. The lowest BCUT2D eigenvalue weighted by atomic mass is 9.97. The number of rotatable bonds is 5. The Morgan fingerprint density at radius 3 is 1.34 bits per heavy atom. The minimum Gasteiger partial charge on any atom is -0.453 e. The molecule has 0 fully saturated rings. The number of benzene rings is 10. The molecule has 4 heterocycles. The first-order valence-corrected chi connectivity index (χ1v) is 22.7. The van der Waals surface area contributed by atoms with E-state index in [1.165, 1.54) is 54.7 Å². The second-order valence-corrected chi connectivity index (χ2v) is 17.3. The maximum atomic E-state index is 6.37. The Morgan fingerprint density at radius 2 is 0.791 bits per heavy atom. The minimum atomic E-state index is 0.838. The van der Waals surface area contributed by atoms with Gasteiger partial charge < -0.3 is 28.4 Å². The quantitative estimate of drug-likeness (QED) is 0.173. The predicted molar refractivity (Wildman–Crippen MR) is 275 cm³/mol. The van der Waals surface area contributed by atoms with Crippen molar-refractivity contribution in [2.75, 3.05) is 9.80 Å². The molecule has 14 rings (SSSR count). The molecule has 0 saturated heterocycles. The van der Waals surface area contributed by atoms with Crippen molar-refractivity contribution in [3.8, 4) is 50.9 Å². The van der Waals surface area contributed by atoms with Crippen LogP contribution in [0.5, 0.6) is 23.0 Å². The molecule has 0 spiro atoms. The number of ether oxygens (including phenoxy) is 2. The lowest BCUT2D eigenvalue weighted by Crippen LogP contribution is -2.15. The molecule has 0 atom stereocenters. The van der Waals surface area contributed by atoms with Crippen molar-refractivity contribution in [2.45, 2.75) is 0 Å². The Bertz CT molecular complexity index is 3850. The highest BCUT2D eigenvalue weighted by Gasteiger charge is 2.29. The highest BCUT2D eigenvalue weighted by atomic mass is 16.5. The fourth-order valence-electron chi connectivity index (χ4n) is 10.8. The van der Waals surface area contributed by atoms with Crippen LogP contribution in [-0.4, -0.2) is 9.13 Å². The summed E-state index contributed by atoms with van der Waals surface area (Å²) in [6, 6.07) is 79.9. The van der Waals surface area contributed by atoms with Crippen LogP contribution in [0.25, 0.3) is 71.6 Å². The number of hydrogen-bond donors (Lipinski definition) is 0. The van der Waals surface area contributed by atoms with Crippen molar-refractivity contribution in [1.82, 2.24) is 9.13 Å². The monoisotopic (exact) mass is 860 g/mol. The zero-order valence-corrected chi connectivity index (χ0v) is 36.5. The van der Waals surface area contributed by atoms with E-state index in [-0.39, 0.29) is 0 Å². The lowest BCUT2D eigenvalue weighted by molar-refractivity contribution is 0.477. The first-order valence-electron chi connectivity index (χ1n) is 22.7. The maximum Gasteiger partial charge on any atom is 0.151 e. The first kappa shape index (κ1) is 37.4. The van der Waals surface area contributed by atoms with Gasteiger partial charge in [-0.25, -0.2) is 0 Å². The third-order valence-electron chi connectivity index (χ3n) is 13.7. The van der Waals surface area contributed by atoms with Crippen LogP contribution in [0.3, 0.4) is 0 Å². The maximum absolute atomic E-state index is 6.37. The second-order valence-electron chi connectivity index (χ2n) is 17.3. The molecule has 10 aromatic carbocycles. The molecular formula is C61H40N4O2. The number of aryl methyl sites for hydroxylation is 1. The summed E-state index contributed by atoms with van der Waals surface area (Å²) in [6.45, 7) is 0. The molecule has 6 nitrogen and oxygen atoms in total. The van der Waals surface area contributed by atoms with Gasteiger partial charge in [0.05, 0.1) is 44.8 Å². The van der Waals surface area contributed by atoms with Gasteiger partial charge in [-0.2, -0.15) is 0 Å². The number of anilines is 6. The van der Waals surface area contributed by atoms with Crippen LogP contribution in [0.15, 0.2) is 224 Å². The van der Waals surface area contributed by atoms with Gasteiger partial charge in [0.2, 0.25) is 0 Å². The van der Waals surface area contributed by atoms with Crippen molar-refractivity contribution < 1.29 is 9.47 Å². The standard InChI is InChI=1S/C61H40N4O2/c1-62-59-44(39-30-34-42(35-31-39)63-50-22-7-11-26-54(50)66-55-27-12-8-23-51(55)63)19-15-20-46(59)58-60(62)47(38-48-45-18-5-6-21-49(45)65(61(48)58)41-16-3-2-4-17-41)40-32-36-43(37-33-40)64-52-24-9-13-28-56(52)67-57-29-14-10-25-53(57)64/h2-38H,1H3. The number of nitrogens with zero attached hydrogens (tertiary/aromatic N) is 4.